The number of pyridine rings is 1. The lowest BCUT2D eigenvalue weighted by Crippen LogP contribution is -2.60. The van der Waals surface area contributed by atoms with Gasteiger partial charge in [0.1, 0.15) is 6.20 Å². The topological polar surface area (TPSA) is 21.7 Å². The van der Waals surface area contributed by atoms with E-state index in [9.17, 15) is 0 Å². The molecule has 2 aromatic heterocycles. The highest BCUT2D eigenvalue weighted by atomic mass is 79.9. The molecular weight excluding hydrogens is 491 g/mol. The van der Waals surface area contributed by atoms with Crippen molar-refractivity contribution in [3.63, 3.8) is 0 Å². The summed E-state index contributed by atoms with van der Waals surface area (Å²) in [6.07, 6.45) is 1.41. The predicted molar refractivity (Wildman–Crippen MR) is 113 cm³/mol. The van der Waals surface area contributed by atoms with Crippen LogP contribution in [0.5, 0.6) is 0 Å². The third-order valence-electron chi connectivity index (χ3n) is 4.91. The van der Waals surface area contributed by atoms with Crippen LogP contribution in [0.15, 0.2) is 81.9 Å². The fraction of sp³-hybridized carbons (Fsp3) is 0. The van der Waals surface area contributed by atoms with E-state index in [1.165, 1.54) is 6.20 Å². The van der Waals surface area contributed by atoms with Gasteiger partial charge in [-0.2, -0.15) is 0 Å². The molecule has 28 heavy (non-hydrogen) atoms. The Morgan fingerprint density at radius 3 is 2.07 bits per heavy atom. The number of fused-ring (bicyclic) bond motifs is 3. The molecule has 4 aromatic rings. The van der Waals surface area contributed by atoms with Gasteiger partial charge in [-0.25, -0.2) is 4.98 Å². The summed E-state index contributed by atoms with van der Waals surface area (Å²) in [6.45, 7) is -4.04. The molecule has 5 rings (SSSR count). The standard InChI is InChI=1S/C20H12BBr2F2N3/c22-15-8-4-13(5-9-15)18-19(14-6-10-16(23)11-7-14)28-20(26-18)17-3-1-2-12-27(17)21(28,24)25/h1-12H. The van der Waals surface area contributed by atoms with Crippen LogP contribution in [0, 0.1) is 0 Å². The minimum atomic E-state index is -4.04. The van der Waals surface area contributed by atoms with Crippen molar-refractivity contribution >= 4 is 38.8 Å². The van der Waals surface area contributed by atoms with Crippen molar-refractivity contribution in [2.75, 3.05) is 0 Å². The Labute approximate surface area is 177 Å². The van der Waals surface area contributed by atoms with Crippen LogP contribution < -0.4 is 4.48 Å². The Morgan fingerprint density at radius 1 is 0.821 bits per heavy atom. The molecule has 0 spiro atoms. The first-order chi connectivity index (χ1) is 13.5. The molecule has 0 radical (unpaired) electrons. The van der Waals surface area contributed by atoms with E-state index < -0.39 is 6.97 Å². The number of halogens is 4. The second kappa shape index (κ2) is 6.35. The van der Waals surface area contributed by atoms with E-state index in [1.807, 2.05) is 48.5 Å². The quantitative estimate of drug-likeness (QED) is 0.318. The molecular formula is C20H12BBr2F2N3. The summed E-state index contributed by atoms with van der Waals surface area (Å²) in [7, 11) is 0. The number of imidazole rings is 1. The summed E-state index contributed by atoms with van der Waals surface area (Å²) in [5, 5.41) is 0. The van der Waals surface area contributed by atoms with Gasteiger partial charge in [0.2, 0.25) is 0 Å². The lowest BCUT2D eigenvalue weighted by molar-refractivity contribution is -0.551. The van der Waals surface area contributed by atoms with Crippen LogP contribution in [0.2, 0.25) is 0 Å². The fourth-order valence-corrected chi connectivity index (χ4v) is 4.18. The van der Waals surface area contributed by atoms with Crippen molar-refractivity contribution in [3.8, 4) is 34.0 Å². The molecule has 0 amide bonds. The highest BCUT2D eigenvalue weighted by molar-refractivity contribution is 9.10. The summed E-state index contributed by atoms with van der Waals surface area (Å²) in [5.41, 5.74) is 2.85. The molecule has 3 heterocycles. The third kappa shape index (κ3) is 2.58. The highest BCUT2D eigenvalue weighted by Gasteiger charge is 2.54. The maximum absolute atomic E-state index is 15.5. The SMILES string of the molecule is F[B-]1(F)n2c(nc(-c3ccc(Br)cc3)c2-c2ccc(Br)cc2)-c2cccc[n+]21. The second-order valence-electron chi connectivity index (χ2n) is 6.60. The van der Waals surface area contributed by atoms with Gasteiger partial charge in [-0.3, -0.25) is 0 Å². The number of nitrogens with zero attached hydrogens (tertiary/aromatic N) is 3. The van der Waals surface area contributed by atoms with Crippen LogP contribution in [0.25, 0.3) is 34.0 Å². The zero-order chi connectivity index (χ0) is 19.5. The average molecular weight is 503 g/mol. The van der Waals surface area contributed by atoms with E-state index in [-0.39, 0.29) is 5.82 Å². The van der Waals surface area contributed by atoms with E-state index in [0.717, 1.165) is 23.5 Å². The summed E-state index contributed by atoms with van der Waals surface area (Å²) < 4.78 is 34.9. The first-order valence-electron chi connectivity index (χ1n) is 8.64. The fourth-order valence-electron chi connectivity index (χ4n) is 3.65. The molecule has 3 nitrogen and oxygen atoms in total. The number of aromatic nitrogens is 3. The maximum Gasteiger partial charge on any atom is 0.738 e. The minimum absolute atomic E-state index is 0.279. The van der Waals surface area contributed by atoms with Gasteiger partial charge in [-0.1, -0.05) is 56.1 Å². The van der Waals surface area contributed by atoms with Gasteiger partial charge in [-0.15, -0.1) is 0 Å². The molecule has 0 N–H and O–H groups in total. The molecule has 0 aliphatic carbocycles. The third-order valence-corrected chi connectivity index (χ3v) is 5.97. The first-order valence-corrected chi connectivity index (χ1v) is 10.2. The first kappa shape index (κ1) is 17.8. The molecule has 8 heteroatoms. The summed E-state index contributed by atoms with van der Waals surface area (Å²) in [5.74, 6) is 0.279. The van der Waals surface area contributed by atoms with Crippen LogP contribution in [0.4, 0.5) is 8.63 Å². The molecule has 0 saturated carbocycles. The second-order valence-corrected chi connectivity index (χ2v) is 8.43. The van der Waals surface area contributed by atoms with Gasteiger partial charge >= 0.3 is 6.97 Å². The molecule has 138 valence electrons. The molecule has 0 unspecified atom stereocenters. The average Bonchev–Trinajstić information content (AvgIpc) is 3.19. The largest absolute Gasteiger partial charge is 0.738 e. The van der Waals surface area contributed by atoms with Crippen molar-refractivity contribution in [3.05, 3.63) is 81.9 Å². The van der Waals surface area contributed by atoms with Crippen molar-refractivity contribution in [1.82, 2.24) is 9.46 Å². The Morgan fingerprint density at radius 2 is 1.43 bits per heavy atom. The van der Waals surface area contributed by atoms with E-state index in [1.54, 1.807) is 18.2 Å². The van der Waals surface area contributed by atoms with Crippen molar-refractivity contribution in [2.24, 2.45) is 0 Å². The Bertz CT molecular complexity index is 1210. The van der Waals surface area contributed by atoms with Gasteiger partial charge < -0.3 is 17.6 Å². The van der Waals surface area contributed by atoms with Crippen LogP contribution >= 0.6 is 31.9 Å². The van der Waals surface area contributed by atoms with Crippen molar-refractivity contribution in [2.45, 2.75) is 0 Å². The normalized spacial score (nSPS) is 14.0. The van der Waals surface area contributed by atoms with Gasteiger partial charge in [0.15, 0.2) is 11.5 Å². The van der Waals surface area contributed by atoms with Gasteiger partial charge in [-0.05, 0) is 42.0 Å². The number of hydrogen-bond acceptors (Lipinski definition) is 1. The zero-order valence-electron chi connectivity index (χ0n) is 14.4. The van der Waals surface area contributed by atoms with E-state index in [0.29, 0.717) is 22.6 Å². The van der Waals surface area contributed by atoms with E-state index in [2.05, 4.69) is 36.8 Å². The van der Waals surface area contributed by atoms with Crippen LogP contribution in [0.3, 0.4) is 0 Å². The Hall–Kier alpha value is -2.32. The Kier molecular flexibility index (Phi) is 4.03. The highest BCUT2D eigenvalue weighted by Crippen LogP contribution is 2.40. The lowest BCUT2D eigenvalue weighted by atomic mass is 9.95. The molecule has 1 aliphatic rings. The summed E-state index contributed by atoms with van der Waals surface area (Å²) >= 11 is 6.83. The monoisotopic (exact) mass is 501 g/mol. The van der Waals surface area contributed by atoms with Crippen LogP contribution in [-0.4, -0.2) is 16.4 Å². The van der Waals surface area contributed by atoms with Gasteiger partial charge in [0.05, 0.1) is 5.69 Å². The zero-order valence-corrected chi connectivity index (χ0v) is 17.5. The predicted octanol–water partition coefficient (Wildman–Crippen LogP) is 5.78. The minimum Gasteiger partial charge on any atom is -0.389 e. The number of benzene rings is 2. The molecule has 0 fully saturated rings. The van der Waals surface area contributed by atoms with Crippen LogP contribution in [0.1, 0.15) is 0 Å². The molecule has 0 saturated heterocycles. The van der Waals surface area contributed by atoms with Gasteiger partial charge in [0.25, 0.3) is 0 Å². The van der Waals surface area contributed by atoms with Crippen molar-refractivity contribution < 1.29 is 13.1 Å². The van der Waals surface area contributed by atoms with E-state index >= 15 is 8.63 Å². The smallest absolute Gasteiger partial charge is 0.389 e. The molecule has 1 aliphatic heterocycles. The number of hydrogen-bond donors (Lipinski definition) is 0. The molecule has 0 atom stereocenters. The summed E-state index contributed by atoms with van der Waals surface area (Å²) in [6, 6.07) is 19.9. The summed E-state index contributed by atoms with van der Waals surface area (Å²) in [4.78, 5) is 4.68. The lowest BCUT2D eigenvalue weighted by Gasteiger charge is -2.18. The number of rotatable bonds is 2. The van der Waals surface area contributed by atoms with Crippen LogP contribution in [-0.2, 0) is 0 Å². The maximum atomic E-state index is 15.5. The van der Waals surface area contributed by atoms with Gasteiger partial charge in [0, 0.05) is 26.3 Å². The van der Waals surface area contributed by atoms with Crippen molar-refractivity contribution in [1.29, 1.82) is 0 Å². The molecule has 0 bridgehead atoms. The van der Waals surface area contributed by atoms with E-state index in [4.69, 9.17) is 0 Å². The Balaban J connectivity index is 1.85. The molecule has 2 aromatic carbocycles.